The zero-order chi connectivity index (χ0) is 71.6. The van der Waals surface area contributed by atoms with E-state index in [2.05, 4.69) is 212 Å². The van der Waals surface area contributed by atoms with E-state index in [4.69, 9.17) is 10.5 Å². The molecule has 7 aliphatic rings. The van der Waals surface area contributed by atoms with E-state index in [0.717, 1.165) is 150 Å². The Labute approximate surface area is 611 Å². The minimum absolute atomic E-state index is 0.147. The van der Waals surface area contributed by atoms with Crippen molar-refractivity contribution in [3.63, 3.8) is 0 Å². The third kappa shape index (κ3) is 13.0. The van der Waals surface area contributed by atoms with E-state index in [9.17, 15) is 9.50 Å². The summed E-state index contributed by atoms with van der Waals surface area (Å²) in [5, 5.41) is 49.3. The summed E-state index contributed by atoms with van der Waals surface area (Å²) in [6.45, 7) is 16.5. The molecule has 0 unspecified atom stereocenters. The third-order valence-corrected chi connectivity index (χ3v) is 23.0. The summed E-state index contributed by atoms with van der Waals surface area (Å²) in [7, 11) is 4.32. The van der Waals surface area contributed by atoms with Crippen molar-refractivity contribution in [3.8, 4) is 97.1 Å². The van der Waals surface area contributed by atoms with E-state index in [0.29, 0.717) is 47.4 Å². The monoisotopic (exact) mass is 1400 g/mol. The van der Waals surface area contributed by atoms with Crippen molar-refractivity contribution in [1.82, 2.24) is 68.2 Å². The first-order chi connectivity index (χ1) is 51.3. The van der Waals surface area contributed by atoms with Gasteiger partial charge in [-0.05, 0) is 212 Å². The molecule has 6 aromatic carbocycles. The van der Waals surface area contributed by atoms with Crippen LogP contribution in [0.25, 0.3) is 85.0 Å². The number of aliphatic hydroxyl groups is 1. The number of aliphatic hydroxyl groups excluding tert-OH is 1. The van der Waals surface area contributed by atoms with Crippen LogP contribution in [0.1, 0.15) is 80.7 Å². The van der Waals surface area contributed by atoms with Crippen LogP contribution < -0.4 is 20.0 Å². The lowest BCUT2D eigenvalue weighted by Crippen LogP contribution is -2.40. The van der Waals surface area contributed by atoms with Gasteiger partial charge in [-0.2, -0.15) is 20.7 Å². The summed E-state index contributed by atoms with van der Waals surface area (Å²) in [5.41, 5.74) is 21.7. The summed E-state index contributed by atoms with van der Waals surface area (Å²) >= 11 is 0. The van der Waals surface area contributed by atoms with Crippen LogP contribution in [0.5, 0.6) is 0 Å². The van der Waals surface area contributed by atoms with Crippen molar-refractivity contribution in [2.75, 3.05) is 81.2 Å². The Kier molecular flexibility index (Phi) is 17.9. The van der Waals surface area contributed by atoms with Crippen molar-refractivity contribution >= 4 is 17.1 Å². The number of halogens is 1. The largest absolute Gasteiger partial charge is 0.395 e. The molecule has 1 aliphatic carbocycles. The van der Waals surface area contributed by atoms with Crippen LogP contribution in [0.4, 0.5) is 21.5 Å². The molecular formula is C84H86FN19O. The van der Waals surface area contributed by atoms with E-state index < -0.39 is 0 Å². The smallest absolute Gasteiger partial charge is 0.185 e. The van der Waals surface area contributed by atoms with Gasteiger partial charge in [0.15, 0.2) is 17.5 Å². The van der Waals surface area contributed by atoms with E-state index in [-0.39, 0.29) is 18.5 Å². The second-order valence-electron chi connectivity index (χ2n) is 30.3. The van der Waals surface area contributed by atoms with Gasteiger partial charge in [0.25, 0.3) is 0 Å². The van der Waals surface area contributed by atoms with Crippen molar-refractivity contribution in [2.24, 2.45) is 29.6 Å². The van der Waals surface area contributed by atoms with Crippen molar-refractivity contribution in [2.45, 2.75) is 84.6 Å². The highest BCUT2D eigenvalue weighted by atomic mass is 19.1. The molecule has 6 aromatic heterocycles. The first kappa shape index (κ1) is 67.0. The van der Waals surface area contributed by atoms with Crippen LogP contribution >= 0.6 is 0 Å². The van der Waals surface area contributed by atoms with Gasteiger partial charge in [0.2, 0.25) is 0 Å². The number of rotatable bonds is 13. The predicted molar refractivity (Wildman–Crippen MR) is 408 cm³/mol. The number of hydrogen-bond acceptors (Lipinski definition) is 14. The number of hydrogen-bond donors (Lipinski definition) is 2. The Morgan fingerprint density at radius 3 is 1.68 bits per heavy atom. The van der Waals surface area contributed by atoms with Gasteiger partial charge in [0.1, 0.15) is 24.8 Å². The normalized spacial score (nSPS) is 18.8. The second kappa shape index (κ2) is 28.1. The molecule has 530 valence electrons. The lowest BCUT2D eigenvalue weighted by atomic mass is 9.98. The van der Waals surface area contributed by atoms with Gasteiger partial charge in [-0.3, -0.25) is 4.57 Å². The molecule has 105 heavy (non-hydrogen) atoms. The Balaban J connectivity index is 0.000000116. The van der Waals surface area contributed by atoms with Crippen LogP contribution in [0.15, 0.2) is 183 Å². The molecule has 20 nitrogen and oxygen atoms in total. The zero-order valence-electron chi connectivity index (χ0n) is 60.1. The maximum absolute atomic E-state index is 13.5. The minimum Gasteiger partial charge on any atom is -0.395 e. The minimum atomic E-state index is -0.237. The van der Waals surface area contributed by atoms with Crippen LogP contribution in [-0.4, -0.2) is 147 Å². The molecule has 1 saturated carbocycles. The molecule has 21 heteroatoms. The molecule has 2 N–H and O–H groups in total. The number of nitriles is 2. The van der Waals surface area contributed by atoms with E-state index in [1.54, 1.807) is 12.7 Å². The molecule has 4 fully saturated rings. The van der Waals surface area contributed by atoms with Gasteiger partial charge < -0.3 is 43.7 Å². The van der Waals surface area contributed by atoms with Crippen molar-refractivity contribution in [1.29, 1.82) is 10.5 Å². The quantitative estimate of drug-likeness (QED) is 0.110. The highest BCUT2D eigenvalue weighted by molar-refractivity contribution is 5.76. The maximum atomic E-state index is 13.5. The molecule has 12 heterocycles. The maximum Gasteiger partial charge on any atom is 0.185 e. The molecule has 0 amide bonds. The van der Waals surface area contributed by atoms with Crippen LogP contribution in [0.3, 0.4) is 0 Å². The number of benzene rings is 6. The first-order valence-electron chi connectivity index (χ1n) is 37.0. The Morgan fingerprint density at radius 1 is 0.581 bits per heavy atom. The summed E-state index contributed by atoms with van der Waals surface area (Å²) in [6.07, 6.45) is 18.1. The number of nitrogens with zero attached hydrogens (tertiary/aromatic N) is 18. The molecule has 0 bridgehead atoms. The second-order valence-corrected chi connectivity index (χ2v) is 30.3. The summed E-state index contributed by atoms with van der Waals surface area (Å²) in [5.74, 6) is 5.46. The average molecular weight is 1400 g/mol. The zero-order valence-corrected chi connectivity index (χ0v) is 60.1. The van der Waals surface area contributed by atoms with Crippen LogP contribution in [0, 0.1) is 58.1 Å². The number of nitrogens with one attached hydrogen (secondary N) is 1. The molecule has 19 rings (SSSR count). The topological polar surface area (TPSA) is 200 Å². The molecule has 3 saturated heterocycles. The average Bonchev–Trinajstić information content (AvgIpc) is 1.62. The Bertz CT molecular complexity index is 5250. The van der Waals surface area contributed by atoms with Crippen LogP contribution in [-0.2, 0) is 19.6 Å². The number of fused-ring (bicyclic) bond motifs is 16. The summed E-state index contributed by atoms with van der Waals surface area (Å²) < 4.78 is 26.2. The SMILES string of the molecule is CC(C)[C@H](CO)NC[C@H]1CCN(c2ccc3c(c2)Cn2cc(-c4ccc(F)cc4)cc2-c2ncnn2-3)C1.C[C@H]1CN(c2ccc3c(c2)Cn2cc(-c4ccc(C#N)cc4)cc2-c2nncn2-3)C[C@H]1CN(C)C.N#Cc1ccc(-c2cc3n(c2)Cc2cc(N4CC[C@H]5CCC[C@@H]54)ccc2-n2ncnc2-3)cc1. The summed E-state index contributed by atoms with van der Waals surface area (Å²) in [6, 6.07) is 54.1. The van der Waals surface area contributed by atoms with E-state index >= 15 is 0 Å². The van der Waals surface area contributed by atoms with Gasteiger partial charge in [-0.1, -0.05) is 63.6 Å². The fourth-order valence-corrected chi connectivity index (χ4v) is 17.3. The highest BCUT2D eigenvalue weighted by Gasteiger charge is 2.39. The first-order valence-corrected chi connectivity index (χ1v) is 37.0. The van der Waals surface area contributed by atoms with Gasteiger partial charge in [-0.15, -0.1) is 10.2 Å². The summed E-state index contributed by atoms with van der Waals surface area (Å²) in [4.78, 5) is 19.1. The molecular weight excluding hydrogens is 1310 g/mol. The van der Waals surface area contributed by atoms with Crippen molar-refractivity contribution in [3.05, 3.63) is 217 Å². The fourth-order valence-electron chi connectivity index (χ4n) is 17.3. The van der Waals surface area contributed by atoms with Crippen LogP contribution in [0.2, 0.25) is 0 Å². The van der Waals surface area contributed by atoms with Gasteiger partial charge in [-0.25, -0.2) is 23.7 Å². The standard InChI is InChI=1S/C29H33FN6O.C28H29N7.C27H24N6/c1-19(2)26(17-37)31-13-20-9-10-34(14-20)25-7-8-27-23(11-25)16-35-15-22(21-3-5-24(30)6-4-21)12-28(35)29-32-18-33-36(27)29;1-19-13-33(17-24(19)14-32(2)3)25-8-9-26-23(10-25)16-34-15-22(21-6-4-20(12-29)5-7-21)11-27(34)28-31-30-18-35(26)28;28-14-18-4-6-19(7-5-18)21-13-26-27-29-17-30-33(27)25-9-8-23(12-22(25)16-31(26)15-21)32-11-10-20-2-1-3-24(20)32/h3-8,11-12,15,18-20,26,31,37H,9-10,13-14,16-17H2,1-2H3;4-11,15,18-19,24H,13-14,16-17H2,1-3H3;4-9,12-13,15,17,20,24H,1-3,10-11,16H2/t20-,26+;19-,24+;20-,24+/m101/s1. The van der Waals surface area contributed by atoms with E-state index in [1.165, 1.54) is 78.1 Å². The van der Waals surface area contributed by atoms with Crippen molar-refractivity contribution < 1.29 is 9.50 Å². The molecule has 6 atom stereocenters. The fraction of sp³-hybridized carbons (Fsp3) is 0.333. The van der Waals surface area contributed by atoms with Gasteiger partial charge in [0.05, 0.1) is 64.0 Å². The molecule has 12 aromatic rings. The Hall–Kier alpha value is -11.2. The van der Waals surface area contributed by atoms with Gasteiger partial charge in [0, 0.05) is 130 Å². The Morgan fingerprint density at radius 2 is 1.11 bits per heavy atom. The lowest BCUT2D eigenvalue weighted by Gasteiger charge is -2.27. The number of aromatic nitrogens is 12. The van der Waals surface area contributed by atoms with Gasteiger partial charge >= 0.3 is 0 Å². The molecule has 0 radical (unpaired) electrons. The number of anilines is 3. The third-order valence-electron chi connectivity index (χ3n) is 23.0. The predicted octanol–water partition coefficient (Wildman–Crippen LogP) is 13.6. The molecule has 0 spiro atoms. The lowest BCUT2D eigenvalue weighted by molar-refractivity contribution is 0.206. The highest BCUT2D eigenvalue weighted by Crippen LogP contribution is 2.44. The molecule has 6 aliphatic heterocycles. The van der Waals surface area contributed by atoms with E-state index in [1.807, 2.05) is 76.4 Å².